The van der Waals surface area contributed by atoms with Crippen molar-refractivity contribution in [2.75, 3.05) is 20.3 Å². The second-order valence-corrected chi connectivity index (χ2v) is 14.4. The lowest BCUT2D eigenvalue weighted by Crippen LogP contribution is -2.66. The van der Waals surface area contributed by atoms with Crippen LogP contribution >= 0.6 is 11.8 Å². The number of esters is 4. The highest BCUT2D eigenvalue weighted by Crippen LogP contribution is 2.46. The predicted octanol–water partition coefficient (Wildman–Crippen LogP) is 4.32. The Bertz CT molecular complexity index is 1790. The number of nitrogens with one attached hydrogen (secondary N) is 2. The summed E-state index contributed by atoms with van der Waals surface area (Å²) in [6, 6.07) is 23.6. The molecule has 3 aromatic carbocycles. The van der Waals surface area contributed by atoms with Crippen LogP contribution in [0, 0.1) is 12.8 Å². The molecule has 2 N–H and O–H groups in total. The summed E-state index contributed by atoms with van der Waals surface area (Å²) in [6.07, 6.45) is -3.64. The molecule has 1 heterocycles. The van der Waals surface area contributed by atoms with Crippen molar-refractivity contribution >= 4 is 47.5 Å². The first kappa shape index (κ1) is 41.5. The van der Waals surface area contributed by atoms with E-state index in [0.29, 0.717) is 4.90 Å². The van der Waals surface area contributed by atoms with Crippen molar-refractivity contribution in [3.63, 3.8) is 0 Å². The van der Waals surface area contributed by atoms with Gasteiger partial charge in [0.05, 0.1) is 32.2 Å². The molecule has 0 bridgehead atoms. The fraction of sp³-hybridized carbons (Fsp3) is 0.400. The summed E-state index contributed by atoms with van der Waals surface area (Å²) in [5.74, 6) is -4.79. The normalized spacial score (nSPS) is 20.4. The molecule has 3 aromatic rings. The van der Waals surface area contributed by atoms with Crippen LogP contribution in [-0.4, -0.2) is 85.2 Å². The second-order valence-electron chi connectivity index (χ2n) is 13.0. The smallest absolute Gasteiger partial charge is 0.349 e. The third kappa shape index (κ3) is 11.6. The minimum atomic E-state index is -1.81. The Kier molecular flexibility index (Phi) is 14.8. The van der Waals surface area contributed by atoms with E-state index < -0.39 is 71.6 Å². The van der Waals surface area contributed by atoms with Crippen molar-refractivity contribution in [2.24, 2.45) is 5.92 Å². The van der Waals surface area contributed by atoms with Crippen LogP contribution in [0.25, 0.3) is 11.1 Å². The van der Waals surface area contributed by atoms with E-state index in [1.807, 2.05) is 73.7 Å². The van der Waals surface area contributed by atoms with Gasteiger partial charge in [0.25, 0.3) is 5.91 Å². The Morgan fingerprint density at radius 2 is 1.50 bits per heavy atom. The molecule has 14 heteroatoms. The van der Waals surface area contributed by atoms with Crippen LogP contribution < -0.4 is 10.6 Å². The largest absolute Gasteiger partial charge is 0.466 e. The Hall–Kier alpha value is -5.21. The number of amides is 2. The Morgan fingerprint density at radius 1 is 0.852 bits per heavy atom. The van der Waals surface area contributed by atoms with Gasteiger partial charge in [0.1, 0.15) is 12.2 Å². The van der Waals surface area contributed by atoms with Gasteiger partial charge in [-0.3, -0.25) is 24.0 Å². The average Bonchev–Trinajstić information content (AvgIpc) is 3.14. The van der Waals surface area contributed by atoms with Gasteiger partial charge in [0, 0.05) is 38.0 Å². The average molecular weight is 763 g/mol. The number of benzene rings is 3. The molecule has 0 radical (unpaired) electrons. The van der Waals surface area contributed by atoms with Gasteiger partial charge in [-0.05, 0) is 35.7 Å². The van der Waals surface area contributed by atoms with Crippen molar-refractivity contribution in [3.05, 3.63) is 90.0 Å². The van der Waals surface area contributed by atoms with E-state index in [1.54, 1.807) is 19.1 Å². The van der Waals surface area contributed by atoms with Crippen molar-refractivity contribution < 1.29 is 52.5 Å². The van der Waals surface area contributed by atoms with Crippen LogP contribution in [0.5, 0.6) is 0 Å². The summed E-state index contributed by atoms with van der Waals surface area (Å²) < 4.78 is 28.2. The minimum absolute atomic E-state index is 0.0399. The molecule has 0 unspecified atom stereocenters. The lowest BCUT2D eigenvalue weighted by atomic mass is 9.84. The Balaban J connectivity index is 1.65. The molecule has 4 rings (SSSR count). The fourth-order valence-electron chi connectivity index (χ4n) is 6.14. The van der Waals surface area contributed by atoms with Crippen molar-refractivity contribution in [1.82, 2.24) is 10.6 Å². The molecular weight excluding hydrogens is 717 g/mol. The zero-order valence-electron chi connectivity index (χ0n) is 31.1. The number of hydrogen-bond donors (Lipinski definition) is 2. The summed E-state index contributed by atoms with van der Waals surface area (Å²) in [4.78, 5) is 75.3. The summed E-state index contributed by atoms with van der Waals surface area (Å²) in [5, 5.41) is 5.58. The van der Waals surface area contributed by atoms with Gasteiger partial charge in [0.2, 0.25) is 10.8 Å². The molecule has 0 saturated carbocycles. The molecule has 1 fully saturated rings. The monoisotopic (exact) mass is 762 g/mol. The maximum Gasteiger partial charge on any atom is 0.349 e. The molecule has 288 valence electrons. The maximum atomic E-state index is 13.7. The molecule has 1 saturated heterocycles. The summed E-state index contributed by atoms with van der Waals surface area (Å²) in [5.41, 5.74) is 3.78. The first-order chi connectivity index (χ1) is 25.7. The quantitative estimate of drug-likeness (QED) is 0.166. The summed E-state index contributed by atoms with van der Waals surface area (Å²) in [7, 11) is 1.20. The lowest BCUT2D eigenvalue weighted by molar-refractivity contribution is -0.203. The highest BCUT2D eigenvalue weighted by molar-refractivity contribution is 8.01. The molecule has 0 aromatic heterocycles. The van der Waals surface area contributed by atoms with Crippen molar-refractivity contribution in [2.45, 2.75) is 81.6 Å². The number of carbonyl (C=O) groups excluding carboxylic acids is 6. The molecule has 0 aliphatic carbocycles. The highest BCUT2D eigenvalue weighted by atomic mass is 32.2. The number of hydrogen-bond acceptors (Lipinski definition) is 12. The highest BCUT2D eigenvalue weighted by Gasteiger charge is 2.57. The lowest BCUT2D eigenvalue weighted by Gasteiger charge is -2.48. The fourth-order valence-corrected chi connectivity index (χ4v) is 7.36. The molecule has 1 aliphatic heterocycles. The summed E-state index contributed by atoms with van der Waals surface area (Å²) >= 11 is 1.04. The third-order valence-corrected chi connectivity index (χ3v) is 10.0. The van der Waals surface area contributed by atoms with Crippen LogP contribution in [0.1, 0.15) is 45.2 Å². The van der Waals surface area contributed by atoms with Gasteiger partial charge in [0.15, 0.2) is 6.61 Å². The van der Waals surface area contributed by atoms with E-state index in [4.69, 9.17) is 23.7 Å². The molecule has 2 amide bonds. The SMILES string of the molecule is COC(=O)[C@@]1(Sc2ccc(C)cc2)C[C@H](OC(C)=O)[C@@H](NC(=O)COC(C)=O)[C@H]([C@H](C)[C@@H](CNC(=O)Cc2ccc(-c3ccccc3)cc2)OC(C)=O)O1. The van der Waals surface area contributed by atoms with E-state index >= 15 is 0 Å². The van der Waals surface area contributed by atoms with E-state index in [2.05, 4.69) is 10.6 Å². The number of carbonyl (C=O) groups is 6. The van der Waals surface area contributed by atoms with Gasteiger partial charge in [-0.2, -0.15) is 0 Å². The zero-order valence-corrected chi connectivity index (χ0v) is 31.9. The summed E-state index contributed by atoms with van der Waals surface area (Å²) in [6.45, 7) is 6.31. The van der Waals surface area contributed by atoms with Gasteiger partial charge in [-0.25, -0.2) is 4.79 Å². The minimum Gasteiger partial charge on any atom is -0.466 e. The second kappa shape index (κ2) is 19.2. The number of rotatable bonds is 15. The van der Waals surface area contributed by atoms with E-state index in [-0.39, 0.29) is 25.3 Å². The Labute approximate surface area is 318 Å². The van der Waals surface area contributed by atoms with E-state index in [0.717, 1.165) is 40.9 Å². The first-order valence-electron chi connectivity index (χ1n) is 17.4. The van der Waals surface area contributed by atoms with Gasteiger partial charge < -0.3 is 34.3 Å². The van der Waals surface area contributed by atoms with Crippen molar-refractivity contribution in [3.8, 4) is 11.1 Å². The van der Waals surface area contributed by atoms with Crippen LogP contribution in [-0.2, 0) is 58.9 Å². The molecular formula is C40H46N2O11S. The van der Waals surface area contributed by atoms with E-state index in [9.17, 15) is 28.8 Å². The van der Waals surface area contributed by atoms with Crippen LogP contribution in [0.3, 0.4) is 0 Å². The zero-order chi connectivity index (χ0) is 39.4. The maximum absolute atomic E-state index is 13.7. The molecule has 0 spiro atoms. The first-order valence-corrected chi connectivity index (χ1v) is 18.2. The number of aryl methyl sites for hydroxylation is 1. The number of thioether (sulfide) groups is 1. The van der Waals surface area contributed by atoms with Crippen molar-refractivity contribution in [1.29, 1.82) is 0 Å². The number of methoxy groups -OCH3 is 1. The van der Waals surface area contributed by atoms with Crippen LogP contribution in [0.4, 0.5) is 0 Å². The van der Waals surface area contributed by atoms with E-state index in [1.165, 1.54) is 21.0 Å². The van der Waals surface area contributed by atoms with Gasteiger partial charge in [-0.15, -0.1) is 0 Å². The standard InChI is InChI=1S/C40H46N2O11S/c1-24-12-18-32(19-13-24)54-40(39(48)49-6)21-33(51-27(4)44)37(42-36(47)23-50-26(3)43)38(53-40)25(2)34(52-28(5)45)22-41-35(46)20-29-14-16-31(17-15-29)30-10-8-7-9-11-30/h7-19,25,33-34,37-38H,20-23H2,1-6H3,(H,41,46)(H,42,47)/t25-,33+,34-,37-,38+,40+/m1/s1. The molecule has 13 nitrogen and oxygen atoms in total. The topological polar surface area (TPSA) is 173 Å². The van der Waals surface area contributed by atoms with Crippen LogP contribution in [0.2, 0.25) is 0 Å². The molecule has 6 atom stereocenters. The molecule has 1 aliphatic rings. The molecule has 54 heavy (non-hydrogen) atoms. The third-order valence-electron chi connectivity index (χ3n) is 8.75. The Morgan fingerprint density at radius 3 is 2.09 bits per heavy atom. The van der Waals surface area contributed by atoms with Gasteiger partial charge in [-0.1, -0.05) is 91.0 Å². The number of ether oxygens (including phenoxy) is 5. The van der Waals surface area contributed by atoms with Crippen LogP contribution in [0.15, 0.2) is 83.8 Å². The van der Waals surface area contributed by atoms with Gasteiger partial charge >= 0.3 is 23.9 Å². The predicted molar refractivity (Wildman–Crippen MR) is 199 cm³/mol.